The number of hydrogen-bond acceptors (Lipinski definition) is 3. The molecule has 2 aliphatic rings. The largest absolute Gasteiger partial charge is 0.331 e. The highest BCUT2D eigenvalue weighted by Gasteiger charge is 2.51. The summed E-state index contributed by atoms with van der Waals surface area (Å²) in [6, 6.07) is 6.44. The van der Waals surface area contributed by atoms with Crippen LogP contribution in [0.1, 0.15) is 31.2 Å². The van der Waals surface area contributed by atoms with Gasteiger partial charge in [0.05, 0.1) is 0 Å². The van der Waals surface area contributed by atoms with E-state index in [1.54, 1.807) is 18.2 Å². The van der Waals surface area contributed by atoms with E-state index in [0.29, 0.717) is 16.0 Å². The van der Waals surface area contributed by atoms with Crippen LogP contribution in [0.15, 0.2) is 28.7 Å². The van der Waals surface area contributed by atoms with Gasteiger partial charge in [-0.05, 0) is 24.0 Å². The number of imide groups is 2. The van der Waals surface area contributed by atoms with E-state index in [0.717, 1.165) is 12.8 Å². The number of hydrogen-bond donors (Lipinski definition) is 1. The van der Waals surface area contributed by atoms with Gasteiger partial charge in [-0.25, -0.2) is 4.79 Å². The van der Waals surface area contributed by atoms with Crippen molar-refractivity contribution in [2.24, 2.45) is 5.92 Å². The second-order valence-corrected chi connectivity index (χ2v) is 6.28. The van der Waals surface area contributed by atoms with Crippen molar-refractivity contribution in [1.29, 1.82) is 0 Å². The Labute approximate surface area is 130 Å². The first-order valence-electron chi connectivity index (χ1n) is 6.97. The second kappa shape index (κ2) is 5.26. The van der Waals surface area contributed by atoms with Gasteiger partial charge in [0.1, 0.15) is 5.92 Å². The number of carbonyl (C=O) groups is 3. The van der Waals surface area contributed by atoms with Crippen LogP contribution in [0.4, 0.5) is 4.79 Å². The fourth-order valence-corrected chi connectivity index (χ4v) is 3.39. The Bertz CT molecular complexity index is 631. The Hall–Kier alpha value is -1.69. The Morgan fingerprint density at radius 2 is 2.00 bits per heavy atom. The predicted molar refractivity (Wildman–Crippen MR) is 79.5 cm³/mol. The molecule has 1 aliphatic carbocycles. The van der Waals surface area contributed by atoms with E-state index < -0.39 is 23.8 Å². The first-order valence-corrected chi connectivity index (χ1v) is 7.76. The molecule has 2 fully saturated rings. The molecule has 1 aliphatic heterocycles. The monoisotopic (exact) mass is 350 g/mol. The first-order chi connectivity index (χ1) is 10.0. The molecule has 3 atom stereocenters. The Kier molecular flexibility index (Phi) is 3.57. The highest BCUT2D eigenvalue weighted by Crippen LogP contribution is 2.41. The Morgan fingerprint density at radius 1 is 1.29 bits per heavy atom. The van der Waals surface area contributed by atoms with Gasteiger partial charge in [-0.15, -0.1) is 0 Å². The Morgan fingerprint density at radius 3 is 2.62 bits per heavy atom. The van der Waals surface area contributed by atoms with Gasteiger partial charge in [0.25, 0.3) is 0 Å². The van der Waals surface area contributed by atoms with Gasteiger partial charge in [0.2, 0.25) is 11.8 Å². The maximum atomic E-state index is 12.7. The fourth-order valence-electron chi connectivity index (χ4n) is 2.87. The van der Waals surface area contributed by atoms with Crippen LogP contribution in [0.25, 0.3) is 0 Å². The third-order valence-electron chi connectivity index (χ3n) is 4.15. The van der Waals surface area contributed by atoms with Crippen LogP contribution in [0.2, 0.25) is 0 Å². The molecule has 0 aromatic heterocycles. The lowest BCUT2D eigenvalue weighted by Crippen LogP contribution is -2.57. The summed E-state index contributed by atoms with van der Waals surface area (Å²) in [4.78, 5) is 38.0. The van der Waals surface area contributed by atoms with Gasteiger partial charge >= 0.3 is 6.03 Å². The summed E-state index contributed by atoms with van der Waals surface area (Å²) < 4.78 is 0.690. The lowest BCUT2D eigenvalue weighted by Gasteiger charge is -2.31. The molecule has 3 unspecified atom stereocenters. The molecular weight excluding hydrogens is 336 g/mol. The topological polar surface area (TPSA) is 66.5 Å². The van der Waals surface area contributed by atoms with Gasteiger partial charge in [0, 0.05) is 10.5 Å². The molecule has 110 valence electrons. The molecule has 21 heavy (non-hydrogen) atoms. The first kappa shape index (κ1) is 14.3. The molecule has 1 saturated carbocycles. The standard InChI is InChI=1S/C15H15BrN2O3/c1-2-8-7-11(8)18-14(20)12(13(19)17-15(18)21)9-5-3-4-6-10(9)16/h3-6,8,11-12H,2,7H2,1H3,(H,17,19,21). The van der Waals surface area contributed by atoms with Crippen molar-refractivity contribution < 1.29 is 14.4 Å². The van der Waals surface area contributed by atoms with Crippen LogP contribution >= 0.6 is 15.9 Å². The molecule has 1 N–H and O–H groups in total. The summed E-state index contributed by atoms with van der Waals surface area (Å²) in [5, 5.41) is 2.31. The summed E-state index contributed by atoms with van der Waals surface area (Å²) >= 11 is 3.36. The van der Waals surface area contributed by atoms with Gasteiger partial charge in [-0.1, -0.05) is 47.5 Å². The Balaban J connectivity index is 1.94. The minimum atomic E-state index is -0.962. The second-order valence-electron chi connectivity index (χ2n) is 5.43. The van der Waals surface area contributed by atoms with E-state index in [1.807, 2.05) is 13.0 Å². The highest BCUT2D eigenvalue weighted by atomic mass is 79.9. The number of amides is 4. The summed E-state index contributed by atoms with van der Waals surface area (Å²) in [6.07, 6.45) is 1.75. The van der Waals surface area contributed by atoms with E-state index in [2.05, 4.69) is 21.2 Å². The minimum absolute atomic E-state index is 0.0689. The molecule has 1 aromatic carbocycles. The van der Waals surface area contributed by atoms with Crippen molar-refractivity contribution in [2.45, 2.75) is 31.7 Å². The van der Waals surface area contributed by atoms with Crippen molar-refractivity contribution in [1.82, 2.24) is 10.2 Å². The third kappa shape index (κ3) is 2.37. The van der Waals surface area contributed by atoms with Gasteiger partial charge < -0.3 is 0 Å². The number of nitrogens with zero attached hydrogens (tertiary/aromatic N) is 1. The number of urea groups is 1. The average Bonchev–Trinajstić information content (AvgIpc) is 3.19. The van der Waals surface area contributed by atoms with Crippen molar-refractivity contribution in [2.75, 3.05) is 0 Å². The number of carbonyl (C=O) groups excluding carboxylic acids is 3. The summed E-state index contributed by atoms with van der Waals surface area (Å²) in [5.74, 6) is -1.58. The zero-order valence-electron chi connectivity index (χ0n) is 11.5. The van der Waals surface area contributed by atoms with E-state index >= 15 is 0 Å². The van der Waals surface area contributed by atoms with Crippen molar-refractivity contribution in [3.05, 3.63) is 34.3 Å². The number of nitrogens with one attached hydrogen (secondary N) is 1. The molecule has 6 heteroatoms. The van der Waals surface area contributed by atoms with Gasteiger partial charge in [-0.2, -0.15) is 0 Å². The minimum Gasteiger partial charge on any atom is -0.277 e. The molecule has 1 saturated heterocycles. The molecule has 0 spiro atoms. The van der Waals surface area contributed by atoms with Crippen molar-refractivity contribution in [3.8, 4) is 0 Å². The predicted octanol–water partition coefficient (Wildman–Crippen LogP) is 2.41. The number of halogens is 1. The highest BCUT2D eigenvalue weighted by molar-refractivity contribution is 9.10. The van der Waals surface area contributed by atoms with Crippen molar-refractivity contribution in [3.63, 3.8) is 0 Å². The molecule has 1 heterocycles. The van der Waals surface area contributed by atoms with E-state index in [1.165, 1.54) is 4.90 Å². The molecule has 3 rings (SSSR count). The zero-order chi connectivity index (χ0) is 15.1. The molecule has 0 bridgehead atoms. The lowest BCUT2D eigenvalue weighted by molar-refractivity contribution is -0.139. The number of barbiturate groups is 1. The number of rotatable bonds is 3. The maximum Gasteiger partial charge on any atom is 0.331 e. The van der Waals surface area contributed by atoms with E-state index in [-0.39, 0.29) is 6.04 Å². The molecule has 5 nitrogen and oxygen atoms in total. The lowest BCUT2D eigenvalue weighted by atomic mass is 9.95. The molecular formula is C15H15BrN2O3. The smallest absolute Gasteiger partial charge is 0.277 e. The summed E-state index contributed by atoms with van der Waals surface area (Å²) in [5.41, 5.74) is 0.589. The van der Waals surface area contributed by atoms with Crippen LogP contribution < -0.4 is 5.32 Å². The average molecular weight is 351 g/mol. The van der Waals surface area contributed by atoms with Gasteiger partial charge in [-0.3, -0.25) is 19.8 Å². The van der Waals surface area contributed by atoms with Crippen LogP contribution in [-0.2, 0) is 9.59 Å². The molecule has 1 aromatic rings. The van der Waals surface area contributed by atoms with Crippen LogP contribution in [-0.4, -0.2) is 28.8 Å². The van der Waals surface area contributed by atoms with Gasteiger partial charge in [0.15, 0.2) is 0 Å². The molecule has 0 radical (unpaired) electrons. The van der Waals surface area contributed by atoms with Crippen LogP contribution in [0, 0.1) is 5.92 Å². The summed E-state index contributed by atoms with van der Waals surface area (Å²) in [7, 11) is 0. The third-order valence-corrected chi connectivity index (χ3v) is 4.88. The van der Waals surface area contributed by atoms with Crippen molar-refractivity contribution >= 4 is 33.8 Å². The number of benzene rings is 1. The zero-order valence-corrected chi connectivity index (χ0v) is 13.1. The maximum absolute atomic E-state index is 12.7. The summed E-state index contributed by atoms with van der Waals surface area (Å²) in [6.45, 7) is 2.04. The van der Waals surface area contributed by atoms with E-state index in [9.17, 15) is 14.4 Å². The van der Waals surface area contributed by atoms with Crippen LogP contribution in [0.3, 0.4) is 0 Å². The van der Waals surface area contributed by atoms with E-state index in [4.69, 9.17) is 0 Å². The quantitative estimate of drug-likeness (QED) is 0.851. The SMILES string of the molecule is CCC1CC1N1C(=O)NC(=O)C(c2ccccc2Br)C1=O. The van der Waals surface area contributed by atoms with Crippen LogP contribution in [0.5, 0.6) is 0 Å². The fraction of sp³-hybridized carbons (Fsp3) is 0.400. The normalized spacial score (nSPS) is 28.6. The molecule has 4 amide bonds.